The molecule has 0 radical (unpaired) electrons. The Kier molecular flexibility index (Phi) is 6.84. The average molecular weight is 413 g/mol. The Labute approximate surface area is 173 Å². The van der Waals surface area contributed by atoms with Crippen molar-refractivity contribution < 1.29 is 28.3 Å². The predicted octanol–water partition coefficient (Wildman–Crippen LogP) is 1.76. The first-order valence-corrected chi connectivity index (χ1v) is 9.55. The molecule has 3 rings (SSSR count). The van der Waals surface area contributed by atoms with Crippen LogP contribution < -0.4 is 10.6 Å². The van der Waals surface area contributed by atoms with E-state index in [0.717, 1.165) is 5.56 Å². The molecular weight excluding hydrogens is 390 g/mol. The monoisotopic (exact) mass is 413 g/mol. The van der Waals surface area contributed by atoms with Crippen molar-refractivity contribution in [3.8, 4) is 0 Å². The SMILES string of the molecule is C[C@@H](c1ccccc1)N1C[C@H](C(=O)OCC(=O)NC(=O)NCc2ccco2)CC1=O. The van der Waals surface area contributed by atoms with Gasteiger partial charge in [-0.25, -0.2) is 4.79 Å². The fraction of sp³-hybridized carbons (Fsp3) is 0.333. The third-order valence-electron chi connectivity index (χ3n) is 4.84. The lowest BCUT2D eigenvalue weighted by atomic mass is 10.1. The van der Waals surface area contributed by atoms with E-state index in [9.17, 15) is 19.2 Å². The van der Waals surface area contributed by atoms with Gasteiger partial charge in [-0.2, -0.15) is 0 Å². The summed E-state index contributed by atoms with van der Waals surface area (Å²) in [5.74, 6) is -1.67. The summed E-state index contributed by atoms with van der Waals surface area (Å²) in [6.45, 7) is 1.63. The summed E-state index contributed by atoms with van der Waals surface area (Å²) in [6, 6.07) is 12.0. The van der Waals surface area contributed by atoms with Gasteiger partial charge in [-0.15, -0.1) is 0 Å². The smallest absolute Gasteiger partial charge is 0.321 e. The molecule has 4 amide bonds. The van der Waals surface area contributed by atoms with Crippen LogP contribution in [0.2, 0.25) is 0 Å². The third kappa shape index (κ3) is 5.47. The van der Waals surface area contributed by atoms with Crippen LogP contribution in [-0.4, -0.2) is 41.9 Å². The van der Waals surface area contributed by atoms with Crippen molar-refractivity contribution in [3.63, 3.8) is 0 Å². The number of carbonyl (C=O) groups excluding carboxylic acids is 4. The van der Waals surface area contributed by atoms with E-state index in [4.69, 9.17) is 9.15 Å². The molecule has 2 aromatic rings. The van der Waals surface area contributed by atoms with Gasteiger partial charge in [-0.1, -0.05) is 30.3 Å². The lowest BCUT2D eigenvalue weighted by Gasteiger charge is -2.25. The molecule has 1 fully saturated rings. The number of amides is 4. The Morgan fingerprint density at radius 3 is 2.67 bits per heavy atom. The Hall–Kier alpha value is -3.62. The van der Waals surface area contributed by atoms with E-state index in [1.165, 1.54) is 6.26 Å². The van der Waals surface area contributed by atoms with Gasteiger partial charge in [0.25, 0.3) is 5.91 Å². The number of rotatable bonds is 7. The number of esters is 1. The van der Waals surface area contributed by atoms with Crippen molar-refractivity contribution in [2.24, 2.45) is 5.92 Å². The van der Waals surface area contributed by atoms with Crippen LogP contribution >= 0.6 is 0 Å². The van der Waals surface area contributed by atoms with Crippen LogP contribution in [0.1, 0.15) is 30.7 Å². The highest BCUT2D eigenvalue weighted by atomic mass is 16.5. The van der Waals surface area contributed by atoms with Gasteiger partial charge in [-0.3, -0.25) is 19.7 Å². The number of hydrogen-bond acceptors (Lipinski definition) is 6. The summed E-state index contributed by atoms with van der Waals surface area (Å²) in [5, 5.41) is 4.50. The molecule has 0 bridgehead atoms. The molecule has 158 valence electrons. The predicted molar refractivity (Wildman–Crippen MR) is 105 cm³/mol. The Balaban J connectivity index is 1.42. The van der Waals surface area contributed by atoms with Crippen LogP contribution in [0.25, 0.3) is 0 Å². The molecule has 1 aromatic carbocycles. The lowest BCUT2D eigenvalue weighted by Crippen LogP contribution is -2.41. The summed E-state index contributed by atoms with van der Waals surface area (Å²) >= 11 is 0. The molecule has 9 nitrogen and oxygen atoms in total. The van der Waals surface area contributed by atoms with Crippen LogP contribution in [0.5, 0.6) is 0 Å². The first-order valence-electron chi connectivity index (χ1n) is 9.55. The van der Waals surface area contributed by atoms with Crippen LogP contribution in [0, 0.1) is 5.92 Å². The molecule has 30 heavy (non-hydrogen) atoms. The second-order valence-corrected chi connectivity index (χ2v) is 6.95. The molecule has 0 aliphatic carbocycles. The maximum absolute atomic E-state index is 12.3. The van der Waals surface area contributed by atoms with E-state index in [2.05, 4.69) is 10.6 Å². The molecule has 2 heterocycles. The van der Waals surface area contributed by atoms with E-state index in [1.807, 2.05) is 37.3 Å². The third-order valence-corrected chi connectivity index (χ3v) is 4.84. The van der Waals surface area contributed by atoms with E-state index >= 15 is 0 Å². The first-order chi connectivity index (χ1) is 14.4. The lowest BCUT2D eigenvalue weighted by molar-refractivity contribution is -0.152. The normalized spacial score (nSPS) is 16.8. The number of carbonyl (C=O) groups is 4. The fourth-order valence-corrected chi connectivity index (χ4v) is 3.22. The molecule has 2 atom stereocenters. The first kappa shape index (κ1) is 21.1. The fourth-order valence-electron chi connectivity index (χ4n) is 3.22. The summed E-state index contributed by atoms with van der Waals surface area (Å²) in [7, 11) is 0. The second kappa shape index (κ2) is 9.73. The van der Waals surface area contributed by atoms with Gasteiger partial charge in [0.1, 0.15) is 5.76 Å². The molecule has 1 aliphatic heterocycles. The van der Waals surface area contributed by atoms with Gasteiger partial charge in [-0.05, 0) is 24.6 Å². The topological polar surface area (TPSA) is 118 Å². The van der Waals surface area contributed by atoms with Gasteiger partial charge in [0.2, 0.25) is 5.91 Å². The minimum atomic E-state index is -0.765. The van der Waals surface area contributed by atoms with E-state index < -0.39 is 30.4 Å². The molecule has 0 saturated carbocycles. The van der Waals surface area contributed by atoms with Crippen molar-refractivity contribution >= 4 is 23.8 Å². The van der Waals surface area contributed by atoms with Gasteiger partial charge < -0.3 is 19.4 Å². The van der Waals surface area contributed by atoms with Gasteiger partial charge in [0, 0.05) is 13.0 Å². The zero-order chi connectivity index (χ0) is 21.5. The number of furan rings is 1. The maximum Gasteiger partial charge on any atom is 0.321 e. The van der Waals surface area contributed by atoms with Crippen LogP contribution in [0.4, 0.5) is 4.79 Å². The number of ether oxygens (including phenoxy) is 1. The second-order valence-electron chi connectivity index (χ2n) is 6.95. The highest BCUT2D eigenvalue weighted by molar-refractivity contribution is 5.96. The van der Waals surface area contributed by atoms with Crippen LogP contribution in [-0.2, 0) is 25.7 Å². The van der Waals surface area contributed by atoms with Crippen molar-refractivity contribution in [3.05, 3.63) is 60.1 Å². The molecular formula is C21H23N3O6. The van der Waals surface area contributed by atoms with Gasteiger partial charge in [0.15, 0.2) is 6.61 Å². The summed E-state index contributed by atoms with van der Waals surface area (Å²) < 4.78 is 10.1. The number of likely N-dealkylation sites (tertiary alicyclic amines) is 1. The largest absolute Gasteiger partial charge is 0.467 e. The standard InChI is InChI=1S/C21H23N3O6/c1-14(15-6-3-2-4-7-15)24-12-16(10-19(24)26)20(27)30-13-18(25)23-21(28)22-11-17-8-5-9-29-17/h2-9,14,16H,10-13H2,1H3,(H2,22,23,25,28)/t14-,16+/m0/s1. The zero-order valence-electron chi connectivity index (χ0n) is 16.5. The van der Waals surface area contributed by atoms with Crippen molar-refractivity contribution in [1.29, 1.82) is 0 Å². The average Bonchev–Trinajstić information content (AvgIpc) is 3.40. The minimum Gasteiger partial charge on any atom is -0.467 e. The maximum atomic E-state index is 12.3. The summed E-state index contributed by atoms with van der Waals surface area (Å²) in [6.07, 6.45) is 1.50. The quantitative estimate of drug-likeness (QED) is 0.668. The molecule has 1 aromatic heterocycles. The van der Waals surface area contributed by atoms with Crippen molar-refractivity contribution in [2.45, 2.75) is 25.9 Å². The zero-order valence-corrected chi connectivity index (χ0v) is 16.5. The number of imide groups is 1. The number of nitrogens with one attached hydrogen (secondary N) is 2. The van der Waals surface area contributed by atoms with Crippen LogP contribution in [0.3, 0.4) is 0 Å². The van der Waals surface area contributed by atoms with Crippen molar-refractivity contribution in [2.75, 3.05) is 13.2 Å². The molecule has 0 spiro atoms. The Morgan fingerprint density at radius 1 is 1.20 bits per heavy atom. The van der Waals surface area contributed by atoms with E-state index in [1.54, 1.807) is 17.0 Å². The number of hydrogen-bond donors (Lipinski definition) is 2. The molecule has 0 unspecified atom stereocenters. The summed E-state index contributed by atoms with van der Waals surface area (Å²) in [5.41, 5.74) is 0.972. The molecule has 2 N–H and O–H groups in total. The number of nitrogens with zero attached hydrogens (tertiary/aromatic N) is 1. The highest BCUT2D eigenvalue weighted by Gasteiger charge is 2.38. The molecule has 9 heteroatoms. The Morgan fingerprint density at radius 2 is 1.97 bits per heavy atom. The highest BCUT2D eigenvalue weighted by Crippen LogP contribution is 2.28. The Bertz CT molecular complexity index is 897. The van der Waals surface area contributed by atoms with E-state index in [0.29, 0.717) is 5.76 Å². The molecule has 1 aliphatic rings. The minimum absolute atomic E-state index is 0.0290. The van der Waals surface area contributed by atoms with Crippen molar-refractivity contribution in [1.82, 2.24) is 15.5 Å². The van der Waals surface area contributed by atoms with Gasteiger partial charge >= 0.3 is 12.0 Å². The molecule has 1 saturated heterocycles. The number of benzene rings is 1. The number of urea groups is 1. The van der Waals surface area contributed by atoms with E-state index in [-0.39, 0.29) is 31.5 Å². The summed E-state index contributed by atoms with van der Waals surface area (Å²) in [4.78, 5) is 49.7. The van der Waals surface area contributed by atoms with Crippen LogP contribution in [0.15, 0.2) is 53.1 Å². The van der Waals surface area contributed by atoms with Gasteiger partial charge in [0.05, 0.1) is 24.8 Å².